The molecule has 2 heterocycles. The molecule has 0 fully saturated rings. The molecule has 0 saturated carbocycles. The highest BCUT2D eigenvalue weighted by atomic mass is 32.1. The lowest BCUT2D eigenvalue weighted by molar-refractivity contribution is 0.147. The van der Waals surface area contributed by atoms with Gasteiger partial charge < -0.3 is 4.74 Å². The molecule has 1 N–H and O–H groups in total. The van der Waals surface area contributed by atoms with Crippen molar-refractivity contribution >= 4 is 28.3 Å². The maximum absolute atomic E-state index is 11.7. The van der Waals surface area contributed by atoms with Gasteiger partial charge in [-0.15, -0.1) is 16.4 Å². The Bertz CT molecular complexity index is 779. The molecule has 0 spiro atoms. The van der Waals surface area contributed by atoms with Crippen LogP contribution in [0.1, 0.15) is 13.8 Å². The van der Waals surface area contributed by atoms with Crippen LogP contribution in [0.25, 0.3) is 16.2 Å². The fourth-order valence-electron chi connectivity index (χ4n) is 1.91. The van der Waals surface area contributed by atoms with E-state index in [1.807, 2.05) is 49.6 Å². The molecule has 3 aromatic rings. The van der Waals surface area contributed by atoms with Crippen LogP contribution in [0.2, 0.25) is 0 Å². The largest absolute Gasteiger partial charge is 0.449 e. The first-order valence-corrected chi connectivity index (χ1v) is 7.85. The van der Waals surface area contributed by atoms with Gasteiger partial charge in [-0.1, -0.05) is 44.2 Å². The zero-order valence-electron chi connectivity index (χ0n) is 12.3. The van der Waals surface area contributed by atoms with Crippen LogP contribution in [0.3, 0.4) is 0 Å². The van der Waals surface area contributed by atoms with Crippen LogP contribution >= 0.6 is 11.3 Å². The number of ether oxygens (including phenoxy) is 1. The molecule has 6 nitrogen and oxygen atoms in total. The summed E-state index contributed by atoms with van der Waals surface area (Å²) in [6.45, 7) is 4.32. The summed E-state index contributed by atoms with van der Waals surface area (Å²) < 4.78 is 6.78. The number of aromatic nitrogens is 3. The Morgan fingerprint density at radius 3 is 2.86 bits per heavy atom. The number of rotatable bonds is 4. The van der Waals surface area contributed by atoms with Gasteiger partial charge in [0, 0.05) is 10.9 Å². The summed E-state index contributed by atoms with van der Waals surface area (Å²) in [7, 11) is 0. The van der Waals surface area contributed by atoms with Gasteiger partial charge in [0.25, 0.3) is 5.95 Å². The van der Waals surface area contributed by atoms with Crippen LogP contribution in [0, 0.1) is 5.92 Å². The molecule has 0 atom stereocenters. The number of benzene rings is 1. The summed E-state index contributed by atoms with van der Waals surface area (Å²) >= 11 is 1.47. The van der Waals surface area contributed by atoms with E-state index in [-0.39, 0.29) is 11.9 Å². The Morgan fingerprint density at radius 1 is 1.36 bits per heavy atom. The molecule has 2 aromatic heterocycles. The van der Waals surface area contributed by atoms with Crippen LogP contribution in [0.15, 0.2) is 35.7 Å². The highest BCUT2D eigenvalue weighted by molar-refractivity contribution is 7.15. The van der Waals surface area contributed by atoms with E-state index in [2.05, 4.69) is 15.4 Å². The second-order valence-corrected chi connectivity index (χ2v) is 6.07. The molecule has 0 aliphatic rings. The highest BCUT2D eigenvalue weighted by Gasteiger charge is 2.13. The molecule has 1 aromatic carbocycles. The van der Waals surface area contributed by atoms with E-state index in [0.717, 1.165) is 16.2 Å². The quantitative estimate of drug-likeness (QED) is 0.797. The predicted octanol–water partition coefficient (Wildman–Crippen LogP) is 3.66. The van der Waals surface area contributed by atoms with Crippen molar-refractivity contribution in [3.05, 3.63) is 35.7 Å². The maximum atomic E-state index is 11.7. The van der Waals surface area contributed by atoms with Crippen molar-refractivity contribution in [1.82, 2.24) is 14.6 Å². The second-order valence-electron chi connectivity index (χ2n) is 5.23. The van der Waals surface area contributed by atoms with Crippen molar-refractivity contribution in [2.45, 2.75) is 13.8 Å². The highest BCUT2D eigenvalue weighted by Crippen LogP contribution is 2.25. The minimum absolute atomic E-state index is 0.248. The number of carbonyl (C=O) groups excluding carboxylic acids is 1. The number of nitrogens with one attached hydrogen (secondary N) is 1. The first-order chi connectivity index (χ1) is 10.6. The summed E-state index contributed by atoms with van der Waals surface area (Å²) in [4.78, 5) is 16.7. The van der Waals surface area contributed by atoms with Gasteiger partial charge in [0.1, 0.15) is 0 Å². The van der Waals surface area contributed by atoms with Gasteiger partial charge in [0.15, 0.2) is 0 Å². The molecular weight excluding hydrogens is 300 g/mol. The lowest BCUT2D eigenvalue weighted by Crippen LogP contribution is -2.17. The van der Waals surface area contributed by atoms with E-state index >= 15 is 0 Å². The maximum Gasteiger partial charge on any atom is 0.414 e. The SMILES string of the molecule is CC(C)COC(=O)Nc1nc2scc(-c3ccccc3)n2n1. The van der Waals surface area contributed by atoms with Crippen LogP contribution in [0.5, 0.6) is 0 Å². The fourth-order valence-corrected chi connectivity index (χ4v) is 2.74. The molecule has 1 amide bonds. The third-order valence-electron chi connectivity index (χ3n) is 2.91. The van der Waals surface area contributed by atoms with E-state index in [4.69, 9.17) is 4.74 Å². The second kappa shape index (κ2) is 6.15. The Balaban J connectivity index is 1.79. The van der Waals surface area contributed by atoms with Gasteiger partial charge in [-0.3, -0.25) is 5.32 Å². The molecule has 0 radical (unpaired) electrons. The van der Waals surface area contributed by atoms with Crippen LogP contribution in [-0.4, -0.2) is 27.3 Å². The molecule has 3 rings (SSSR count). The average molecular weight is 316 g/mol. The smallest absolute Gasteiger partial charge is 0.414 e. The number of hydrogen-bond acceptors (Lipinski definition) is 5. The number of anilines is 1. The van der Waals surface area contributed by atoms with Crippen molar-refractivity contribution in [3.63, 3.8) is 0 Å². The van der Waals surface area contributed by atoms with E-state index < -0.39 is 6.09 Å². The lowest BCUT2D eigenvalue weighted by atomic mass is 10.2. The number of nitrogens with zero attached hydrogens (tertiary/aromatic N) is 3. The lowest BCUT2D eigenvalue weighted by Gasteiger charge is -2.06. The molecule has 0 aliphatic heterocycles. The van der Waals surface area contributed by atoms with E-state index in [0.29, 0.717) is 6.61 Å². The summed E-state index contributed by atoms with van der Waals surface area (Å²) in [5.41, 5.74) is 1.99. The topological polar surface area (TPSA) is 68.5 Å². The standard InChI is InChI=1S/C15H16N4O2S/c1-10(2)8-21-15(20)17-13-16-14-19(18-13)12(9-22-14)11-6-4-3-5-7-11/h3-7,9-10H,8H2,1-2H3,(H,17,18,20). The van der Waals surface area contributed by atoms with Crippen molar-refractivity contribution in [3.8, 4) is 11.3 Å². The van der Waals surface area contributed by atoms with E-state index in [9.17, 15) is 4.79 Å². The number of fused-ring (bicyclic) bond motifs is 1. The summed E-state index contributed by atoms with van der Waals surface area (Å²) in [6, 6.07) is 9.92. The Morgan fingerprint density at radius 2 is 2.14 bits per heavy atom. The zero-order chi connectivity index (χ0) is 15.5. The van der Waals surface area contributed by atoms with Gasteiger partial charge in [-0.25, -0.2) is 9.31 Å². The first kappa shape index (κ1) is 14.5. The van der Waals surface area contributed by atoms with Crippen molar-refractivity contribution in [2.24, 2.45) is 5.92 Å². The minimum atomic E-state index is -0.534. The third-order valence-corrected chi connectivity index (χ3v) is 3.73. The van der Waals surface area contributed by atoms with Gasteiger partial charge in [0.2, 0.25) is 4.96 Å². The van der Waals surface area contributed by atoms with Crippen molar-refractivity contribution in [1.29, 1.82) is 0 Å². The van der Waals surface area contributed by atoms with Gasteiger partial charge in [-0.05, 0) is 5.92 Å². The summed E-state index contributed by atoms with van der Waals surface area (Å²) in [5, 5.41) is 8.87. The van der Waals surface area contributed by atoms with Crippen LogP contribution < -0.4 is 5.32 Å². The third kappa shape index (κ3) is 3.09. The number of carbonyl (C=O) groups is 1. The van der Waals surface area contributed by atoms with Crippen LogP contribution in [-0.2, 0) is 4.74 Å². The van der Waals surface area contributed by atoms with Gasteiger partial charge in [-0.2, -0.15) is 4.98 Å². The van der Waals surface area contributed by atoms with Gasteiger partial charge in [0.05, 0.1) is 12.3 Å². The summed E-state index contributed by atoms with van der Waals surface area (Å²) in [6.07, 6.45) is -0.534. The average Bonchev–Trinajstić information content (AvgIpc) is 3.05. The molecule has 0 unspecified atom stereocenters. The normalized spacial score (nSPS) is 11.0. The summed E-state index contributed by atoms with van der Waals surface area (Å²) in [5.74, 6) is 0.534. The number of hydrogen-bond donors (Lipinski definition) is 1. The molecule has 0 bridgehead atoms. The Labute approximate surface area is 131 Å². The van der Waals surface area contributed by atoms with Crippen molar-refractivity contribution < 1.29 is 9.53 Å². The molecule has 114 valence electrons. The number of thiazole rings is 1. The molecule has 7 heteroatoms. The Hall–Kier alpha value is -2.41. The monoisotopic (exact) mass is 316 g/mol. The number of amides is 1. The van der Waals surface area contributed by atoms with E-state index in [1.54, 1.807) is 4.52 Å². The first-order valence-electron chi connectivity index (χ1n) is 6.97. The van der Waals surface area contributed by atoms with Gasteiger partial charge >= 0.3 is 6.09 Å². The minimum Gasteiger partial charge on any atom is -0.449 e. The van der Waals surface area contributed by atoms with Crippen LogP contribution in [0.4, 0.5) is 10.7 Å². The molecule has 0 aliphatic carbocycles. The predicted molar refractivity (Wildman–Crippen MR) is 86.1 cm³/mol. The molecular formula is C15H16N4O2S. The fraction of sp³-hybridized carbons (Fsp3) is 0.267. The molecule has 22 heavy (non-hydrogen) atoms. The zero-order valence-corrected chi connectivity index (χ0v) is 13.1. The molecule has 0 saturated heterocycles. The van der Waals surface area contributed by atoms with E-state index in [1.165, 1.54) is 11.3 Å². The van der Waals surface area contributed by atoms with Crippen molar-refractivity contribution in [2.75, 3.05) is 11.9 Å². The Kier molecular flexibility index (Phi) is 4.06.